The molecule has 0 N–H and O–H groups in total. The molecule has 0 aromatic rings. The number of hydrogen-bond acceptors (Lipinski definition) is 1. The highest BCUT2D eigenvalue weighted by Crippen LogP contribution is 2.49. The van der Waals surface area contributed by atoms with Crippen molar-refractivity contribution in [1.82, 2.24) is 0 Å². The number of ether oxygens (including phenoxy) is 1. The molecule has 0 heterocycles. The summed E-state index contributed by atoms with van der Waals surface area (Å²) in [5, 5.41) is -0.138. The van der Waals surface area contributed by atoms with Crippen LogP contribution in [0.5, 0.6) is 0 Å². The van der Waals surface area contributed by atoms with Crippen LogP contribution >= 0.6 is 0 Å². The fourth-order valence-corrected chi connectivity index (χ4v) is 2.72. The molecule has 0 spiro atoms. The van der Waals surface area contributed by atoms with Crippen LogP contribution in [0.4, 0.5) is 0 Å². The van der Waals surface area contributed by atoms with Crippen LogP contribution in [0.25, 0.3) is 0 Å². The van der Waals surface area contributed by atoms with E-state index in [9.17, 15) is 0 Å². The smallest absolute Gasteiger partial charge is 0.0739 e. The molecular formula is C17H34B2O. The minimum Gasteiger partial charge on any atom is -0.376 e. The van der Waals surface area contributed by atoms with Gasteiger partial charge in [0.15, 0.2) is 0 Å². The van der Waals surface area contributed by atoms with Crippen molar-refractivity contribution in [3.05, 3.63) is 0 Å². The maximum Gasteiger partial charge on any atom is 0.0739 e. The van der Waals surface area contributed by atoms with Crippen LogP contribution in [0.3, 0.4) is 0 Å². The van der Waals surface area contributed by atoms with Gasteiger partial charge < -0.3 is 4.74 Å². The molecular weight excluding hydrogens is 242 g/mol. The summed E-state index contributed by atoms with van der Waals surface area (Å²) in [6.07, 6.45) is 3.60. The van der Waals surface area contributed by atoms with Crippen LogP contribution in [0, 0.1) is 10.8 Å². The Hall–Kier alpha value is 0.0899. The molecule has 1 nitrogen and oxygen atoms in total. The Kier molecular flexibility index (Phi) is 6.93. The van der Waals surface area contributed by atoms with Crippen molar-refractivity contribution in [2.45, 2.75) is 91.9 Å². The summed E-state index contributed by atoms with van der Waals surface area (Å²) >= 11 is 0. The minimum atomic E-state index is -0.138. The molecule has 0 rings (SSSR count). The first-order chi connectivity index (χ1) is 8.72. The van der Waals surface area contributed by atoms with E-state index in [0.717, 1.165) is 25.9 Å². The van der Waals surface area contributed by atoms with Gasteiger partial charge in [0.05, 0.1) is 21.3 Å². The molecule has 0 atom stereocenters. The summed E-state index contributed by atoms with van der Waals surface area (Å²) in [5.41, 5.74) is 0.233. The second-order valence-electron chi connectivity index (χ2n) is 8.83. The zero-order chi connectivity index (χ0) is 16.2. The molecule has 0 saturated carbocycles. The van der Waals surface area contributed by atoms with E-state index in [-0.39, 0.29) is 21.7 Å². The Labute approximate surface area is 130 Å². The summed E-state index contributed by atoms with van der Waals surface area (Å²) in [7, 11) is 11.8. The van der Waals surface area contributed by atoms with Gasteiger partial charge in [0.25, 0.3) is 0 Å². The van der Waals surface area contributed by atoms with E-state index in [1.54, 1.807) is 0 Å². The Morgan fingerprint density at radius 2 is 1.30 bits per heavy atom. The SMILES string of the molecule is [B]CCC(C)(C)OCCC(C)(C)C(C)(C)CC([B])(C)C. The van der Waals surface area contributed by atoms with Crippen LogP contribution in [-0.4, -0.2) is 27.9 Å². The van der Waals surface area contributed by atoms with Crippen LogP contribution < -0.4 is 0 Å². The monoisotopic (exact) mass is 276 g/mol. The molecule has 0 aliphatic heterocycles. The predicted molar refractivity (Wildman–Crippen MR) is 91.8 cm³/mol. The van der Waals surface area contributed by atoms with Gasteiger partial charge in [-0.05, 0) is 37.5 Å². The molecule has 0 unspecified atom stereocenters. The summed E-state index contributed by atoms with van der Waals surface area (Å²) < 4.78 is 6.02. The highest BCUT2D eigenvalue weighted by Gasteiger charge is 2.39. The molecule has 0 saturated heterocycles. The third-order valence-corrected chi connectivity index (χ3v) is 4.70. The largest absolute Gasteiger partial charge is 0.376 e. The second-order valence-corrected chi connectivity index (χ2v) is 8.83. The molecule has 0 aliphatic rings. The molecule has 0 amide bonds. The van der Waals surface area contributed by atoms with E-state index in [1.165, 1.54) is 0 Å². The van der Waals surface area contributed by atoms with E-state index in [0.29, 0.717) is 6.32 Å². The van der Waals surface area contributed by atoms with Crippen molar-refractivity contribution in [3.8, 4) is 0 Å². The third kappa shape index (κ3) is 7.20. The fraction of sp³-hybridized carbons (Fsp3) is 1.00. The Morgan fingerprint density at radius 1 is 0.800 bits per heavy atom. The van der Waals surface area contributed by atoms with Crippen molar-refractivity contribution >= 4 is 15.7 Å². The van der Waals surface area contributed by atoms with Crippen LogP contribution in [0.2, 0.25) is 11.6 Å². The first-order valence-corrected chi connectivity index (χ1v) is 7.85. The van der Waals surface area contributed by atoms with Crippen LogP contribution in [0.15, 0.2) is 0 Å². The predicted octanol–water partition coefficient (Wildman–Crippen LogP) is 4.96. The standard InChI is InChI=1S/C17H34B2O/c1-14(2,15(3,4)13-16(5,6)19)10-12-20-17(7,8)9-11-18/h9-13H2,1-8H3. The van der Waals surface area contributed by atoms with Crippen LogP contribution in [-0.2, 0) is 4.74 Å². The van der Waals surface area contributed by atoms with Gasteiger partial charge in [-0.25, -0.2) is 0 Å². The minimum absolute atomic E-state index is 0.123. The lowest BCUT2D eigenvalue weighted by Crippen LogP contribution is -2.37. The van der Waals surface area contributed by atoms with Gasteiger partial charge in [-0.3, -0.25) is 0 Å². The second kappa shape index (κ2) is 6.90. The van der Waals surface area contributed by atoms with E-state index >= 15 is 0 Å². The summed E-state index contributed by atoms with van der Waals surface area (Å²) in [6, 6.07) is 0. The highest BCUT2D eigenvalue weighted by molar-refractivity contribution is 6.14. The van der Waals surface area contributed by atoms with Gasteiger partial charge in [0.1, 0.15) is 0 Å². The molecule has 0 fully saturated rings. The molecule has 20 heavy (non-hydrogen) atoms. The first kappa shape index (κ1) is 20.1. The molecule has 114 valence electrons. The quantitative estimate of drug-likeness (QED) is 0.541. The van der Waals surface area contributed by atoms with Crippen LogP contribution in [0.1, 0.15) is 74.7 Å². The van der Waals surface area contributed by atoms with Gasteiger partial charge >= 0.3 is 0 Å². The molecule has 0 bridgehead atoms. The van der Waals surface area contributed by atoms with E-state index < -0.39 is 0 Å². The topological polar surface area (TPSA) is 9.23 Å². The maximum atomic E-state index is 6.21. The Morgan fingerprint density at radius 3 is 1.70 bits per heavy atom. The van der Waals surface area contributed by atoms with E-state index in [1.807, 2.05) is 0 Å². The van der Waals surface area contributed by atoms with Crippen molar-refractivity contribution in [2.75, 3.05) is 6.61 Å². The third-order valence-electron chi connectivity index (χ3n) is 4.70. The summed E-state index contributed by atoms with van der Waals surface area (Å²) in [6.45, 7) is 18.5. The van der Waals surface area contributed by atoms with Gasteiger partial charge in [-0.2, -0.15) is 0 Å². The molecule has 0 aromatic carbocycles. The van der Waals surface area contributed by atoms with Gasteiger partial charge in [-0.15, -0.1) is 0 Å². The lowest BCUT2D eigenvalue weighted by atomic mass is 9.55. The summed E-state index contributed by atoms with van der Waals surface area (Å²) in [5.74, 6) is 0. The average Bonchev–Trinajstić information content (AvgIpc) is 2.11. The van der Waals surface area contributed by atoms with Crippen molar-refractivity contribution in [3.63, 3.8) is 0 Å². The molecule has 0 aliphatic carbocycles. The Bertz CT molecular complexity index is 288. The maximum absolute atomic E-state index is 6.21. The van der Waals surface area contributed by atoms with Gasteiger partial charge in [0, 0.05) is 6.61 Å². The number of rotatable bonds is 9. The van der Waals surface area contributed by atoms with Gasteiger partial charge in [0.2, 0.25) is 0 Å². The molecule has 3 heteroatoms. The Balaban J connectivity index is 4.51. The average molecular weight is 276 g/mol. The molecule has 0 aromatic heterocycles. The highest BCUT2D eigenvalue weighted by atomic mass is 16.5. The zero-order valence-electron chi connectivity index (χ0n) is 15.1. The summed E-state index contributed by atoms with van der Waals surface area (Å²) in [4.78, 5) is 0. The van der Waals surface area contributed by atoms with Crippen molar-refractivity contribution in [2.24, 2.45) is 10.8 Å². The first-order valence-electron chi connectivity index (χ1n) is 7.85. The number of hydrogen-bond donors (Lipinski definition) is 0. The molecule has 4 radical (unpaired) electrons. The lowest BCUT2D eigenvalue weighted by Gasteiger charge is -2.46. The van der Waals surface area contributed by atoms with E-state index in [4.69, 9.17) is 20.4 Å². The van der Waals surface area contributed by atoms with E-state index in [2.05, 4.69) is 55.4 Å². The fourth-order valence-electron chi connectivity index (χ4n) is 2.72. The van der Waals surface area contributed by atoms with Crippen molar-refractivity contribution < 1.29 is 4.74 Å². The van der Waals surface area contributed by atoms with Gasteiger partial charge in [-0.1, -0.05) is 59.6 Å². The lowest BCUT2D eigenvalue weighted by molar-refractivity contribution is -0.0468. The normalized spacial score (nSPS) is 14.6. The van der Waals surface area contributed by atoms with Crippen molar-refractivity contribution in [1.29, 1.82) is 0 Å². The zero-order valence-corrected chi connectivity index (χ0v) is 15.1.